The molecule has 410 valence electrons. The van der Waals surface area contributed by atoms with Gasteiger partial charge in [-0.3, -0.25) is 0 Å². The molecule has 0 unspecified atom stereocenters. The van der Waals surface area contributed by atoms with Crippen molar-refractivity contribution in [1.29, 1.82) is 0 Å². The van der Waals surface area contributed by atoms with Crippen molar-refractivity contribution in [2.24, 2.45) is 0 Å². The average Bonchev–Trinajstić information content (AvgIpc) is 0.841. The van der Waals surface area contributed by atoms with Crippen LogP contribution >= 0.6 is 0 Å². The Morgan fingerprint density at radius 2 is 0.736 bits per heavy atom. The van der Waals surface area contributed by atoms with Gasteiger partial charge in [-0.15, -0.1) is 0 Å². The Morgan fingerprint density at radius 1 is 0.218 bits per heavy atom. The van der Waals surface area contributed by atoms with Crippen LogP contribution in [-0.2, 0) is 0 Å². The number of hydrogen-bond acceptors (Lipinski definition) is 3. The van der Waals surface area contributed by atoms with Crippen LogP contribution in [0.15, 0.2) is 339 Å². The number of nitrogens with one attached hydrogen (secondary N) is 3. The monoisotopic (exact) mass is 1130 g/mol. The molecule has 0 aromatic heterocycles. The van der Waals surface area contributed by atoms with Crippen molar-refractivity contribution in [2.75, 3.05) is 16.0 Å². The van der Waals surface area contributed by atoms with Gasteiger partial charge in [-0.2, -0.15) is 0 Å². The molecule has 0 amide bonds. The lowest BCUT2D eigenvalue weighted by Gasteiger charge is -2.14. The van der Waals surface area contributed by atoms with E-state index >= 15 is 0 Å². The van der Waals surface area contributed by atoms with Crippen molar-refractivity contribution in [2.45, 2.75) is 0 Å². The minimum absolute atomic E-state index is 0.00156. The smallest absolute Gasteiger partial charge is 0.0652 e. The molecular weight excluding hydrogens is 1050 g/mol. The molecule has 0 fully saturated rings. The number of hydrogen-bond donors (Lipinski definition) is 3. The van der Waals surface area contributed by atoms with Crippen LogP contribution in [0.1, 0.15) is 23.3 Å². The lowest BCUT2D eigenvalue weighted by atomic mass is 9.97. The molecule has 0 aliphatic heterocycles. The normalized spacial score (nSPS) is 14.0. The molecular formula is C84H59N3. The zero-order chi connectivity index (χ0) is 72.7. The Hall–Kier alpha value is -11.5. The minimum Gasteiger partial charge on any atom is -0.356 e. The third-order valence-electron chi connectivity index (χ3n) is 15.6. The van der Waals surface area contributed by atoms with E-state index in [1.54, 1.807) is 18.2 Å². The van der Waals surface area contributed by atoms with Gasteiger partial charge in [-0.25, -0.2) is 0 Å². The van der Waals surface area contributed by atoms with E-state index < -0.39 is 42.3 Å². The summed E-state index contributed by atoms with van der Waals surface area (Å²) in [5, 5.41) is 17.5. The molecule has 3 nitrogen and oxygen atoms in total. The Labute approximate surface area is 531 Å². The van der Waals surface area contributed by atoms with Gasteiger partial charge < -0.3 is 16.0 Å². The molecule has 0 spiro atoms. The number of fused-ring (bicyclic) bond motifs is 9. The van der Waals surface area contributed by atoms with Gasteiger partial charge in [0.15, 0.2) is 0 Å². The summed E-state index contributed by atoms with van der Waals surface area (Å²) >= 11 is 0. The molecule has 16 aromatic carbocycles. The van der Waals surface area contributed by atoms with Gasteiger partial charge in [0.05, 0.1) is 23.3 Å². The maximum Gasteiger partial charge on any atom is 0.0652 e. The molecule has 0 saturated heterocycles. The standard InChI is InChI=1S/C32H21N.C28H21N.C24H17N/c1-2-10-26-21(6-1)7-3-11-27(26)22-14-16-24(17-15-22)33-25-18-19-28-29-12-4-8-23-9-5-13-30(32(23)29)31(28)20-25;1-3-9-21(10-4-1)22-15-17-24(18-16-22)29-28-20-19-25(23-11-5-2-6-12-23)26-13-7-8-14-27(26)28;1-2-8-18-15-20(14-13-17(18)7-1)25-24-16-19-9-3-4-10-21(19)22-11-5-6-12-23(22)24/h1-20,33H;1-20,29H;1-16,25H/i14D,15D,16D,17D;15D,16D,17D,18D;3D,4D,5D,6D,9D,10D,11D,12D,16D. The summed E-state index contributed by atoms with van der Waals surface area (Å²) in [5.74, 6) is 0. The maximum absolute atomic E-state index is 8.87. The lowest BCUT2D eigenvalue weighted by Crippen LogP contribution is -1.93. The van der Waals surface area contributed by atoms with E-state index in [0.29, 0.717) is 27.9 Å². The molecule has 87 heavy (non-hydrogen) atoms. The first-order chi connectivity index (χ1) is 50.2. The van der Waals surface area contributed by atoms with E-state index in [1.807, 2.05) is 158 Å². The summed E-state index contributed by atoms with van der Waals surface area (Å²) < 4.78 is 145. The van der Waals surface area contributed by atoms with Gasteiger partial charge in [0, 0.05) is 44.9 Å². The highest BCUT2D eigenvalue weighted by atomic mass is 14.9. The SMILES string of the molecule is [2H]c1c([2H])c(-c2cccc3ccccc23)c([2H])c([2H])c1Nc1ccc2c(c1)-c1cccc3cccc-2c13.[2H]c1c([2H])c(-c2ccccc2)c([2H])c([2H])c1Nc1ccc(-c2ccccc2)c2ccccc12.[2H]c1c([2H])c([2H])c2c(c1[2H])c([2H])c(Nc1ccc3ccccc3c1)c1c([2H])c([2H])c([2H])c([2H])c12. The van der Waals surface area contributed by atoms with E-state index in [0.717, 1.165) is 71.5 Å². The topological polar surface area (TPSA) is 36.1 Å². The third-order valence-corrected chi connectivity index (χ3v) is 15.6. The zero-order valence-electron chi connectivity index (χ0n) is 63.5. The molecule has 3 N–H and O–H groups in total. The van der Waals surface area contributed by atoms with Crippen molar-refractivity contribution < 1.29 is 23.3 Å². The molecule has 17 rings (SSSR count). The first-order valence-corrected chi connectivity index (χ1v) is 28.4. The van der Waals surface area contributed by atoms with Gasteiger partial charge in [-0.05, 0) is 170 Å². The van der Waals surface area contributed by atoms with Crippen molar-refractivity contribution >= 4 is 98.8 Å². The van der Waals surface area contributed by atoms with Gasteiger partial charge in [0.2, 0.25) is 0 Å². The second kappa shape index (κ2) is 23.3. The fraction of sp³-hybridized carbons (Fsp3) is 0. The summed E-state index contributed by atoms with van der Waals surface area (Å²) in [5.41, 5.74) is 11.2. The summed E-state index contributed by atoms with van der Waals surface area (Å²) in [4.78, 5) is 0. The predicted molar refractivity (Wildman–Crippen MR) is 374 cm³/mol. The zero-order valence-corrected chi connectivity index (χ0v) is 46.5. The second-order valence-corrected chi connectivity index (χ2v) is 20.9. The Balaban J connectivity index is 0.000000126. The molecule has 0 saturated carbocycles. The molecule has 0 radical (unpaired) electrons. The first kappa shape index (κ1) is 36.9. The van der Waals surface area contributed by atoms with E-state index in [-0.39, 0.29) is 99.0 Å². The van der Waals surface area contributed by atoms with E-state index in [2.05, 4.69) is 76.6 Å². The highest BCUT2D eigenvalue weighted by Crippen LogP contribution is 2.48. The highest BCUT2D eigenvalue weighted by molar-refractivity contribution is 6.16. The van der Waals surface area contributed by atoms with Crippen LogP contribution in [0.25, 0.3) is 120 Å². The maximum atomic E-state index is 8.87. The Bertz CT molecular complexity index is 6180. The summed E-state index contributed by atoms with van der Waals surface area (Å²) in [6, 6.07) is 72.0. The number of anilines is 6. The molecule has 1 aliphatic carbocycles. The van der Waals surface area contributed by atoms with Crippen molar-refractivity contribution in [3.63, 3.8) is 0 Å². The van der Waals surface area contributed by atoms with Crippen LogP contribution in [0.5, 0.6) is 0 Å². The average molecular weight is 1130 g/mol. The second-order valence-electron chi connectivity index (χ2n) is 20.9. The first-order valence-electron chi connectivity index (χ1n) is 36.9. The molecule has 0 bridgehead atoms. The molecule has 0 atom stereocenters. The van der Waals surface area contributed by atoms with Crippen molar-refractivity contribution in [3.05, 3.63) is 339 Å². The van der Waals surface area contributed by atoms with Crippen LogP contribution in [0.4, 0.5) is 34.1 Å². The fourth-order valence-electron chi connectivity index (χ4n) is 11.5. The summed E-state index contributed by atoms with van der Waals surface area (Å²) in [6.45, 7) is 0. The highest BCUT2D eigenvalue weighted by Gasteiger charge is 2.21. The van der Waals surface area contributed by atoms with Crippen LogP contribution in [-0.4, -0.2) is 0 Å². The van der Waals surface area contributed by atoms with Crippen LogP contribution in [0.2, 0.25) is 0 Å². The Kier molecular flexibility index (Phi) is 9.87. The quantitative estimate of drug-likeness (QED) is 0.126. The van der Waals surface area contributed by atoms with Crippen LogP contribution in [0.3, 0.4) is 0 Å². The van der Waals surface area contributed by atoms with Gasteiger partial charge in [0.1, 0.15) is 0 Å². The molecule has 0 heterocycles. The van der Waals surface area contributed by atoms with Crippen LogP contribution in [0, 0.1) is 0 Å². The molecule has 3 heteroatoms. The third kappa shape index (κ3) is 10.6. The summed E-state index contributed by atoms with van der Waals surface area (Å²) in [6.07, 6.45) is 0. The molecule has 16 aromatic rings. The largest absolute Gasteiger partial charge is 0.356 e. The van der Waals surface area contributed by atoms with E-state index in [9.17, 15) is 0 Å². The number of benzene rings is 16. The van der Waals surface area contributed by atoms with Gasteiger partial charge in [-0.1, -0.05) is 279 Å². The summed E-state index contributed by atoms with van der Waals surface area (Å²) in [7, 11) is 0. The predicted octanol–water partition coefficient (Wildman–Crippen LogP) is 23.9. The van der Waals surface area contributed by atoms with Gasteiger partial charge in [0.25, 0.3) is 0 Å². The van der Waals surface area contributed by atoms with Crippen LogP contribution < -0.4 is 16.0 Å². The lowest BCUT2D eigenvalue weighted by molar-refractivity contribution is 1.55. The van der Waals surface area contributed by atoms with Crippen molar-refractivity contribution in [3.8, 4) is 55.6 Å². The van der Waals surface area contributed by atoms with Gasteiger partial charge >= 0.3 is 0 Å². The minimum atomic E-state index is -0.527. The molecule has 1 aliphatic rings. The Morgan fingerprint density at radius 3 is 1.49 bits per heavy atom. The fourth-order valence-corrected chi connectivity index (χ4v) is 11.5. The van der Waals surface area contributed by atoms with E-state index in [4.69, 9.17) is 23.3 Å². The van der Waals surface area contributed by atoms with Crippen molar-refractivity contribution in [1.82, 2.24) is 0 Å². The number of rotatable bonds is 9. The van der Waals surface area contributed by atoms with E-state index in [1.165, 1.54) is 16.3 Å².